The lowest BCUT2D eigenvalue weighted by molar-refractivity contribution is 0.704. The second-order valence-electron chi connectivity index (χ2n) is 2.89. The van der Waals surface area contributed by atoms with Gasteiger partial charge in [0.2, 0.25) is 0 Å². The Morgan fingerprint density at radius 3 is 2.64 bits per heavy atom. The summed E-state index contributed by atoms with van der Waals surface area (Å²) in [5.74, 6) is 0.552. The summed E-state index contributed by atoms with van der Waals surface area (Å²) >= 11 is 0. The molecule has 0 radical (unpaired) electrons. The summed E-state index contributed by atoms with van der Waals surface area (Å²) in [4.78, 5) is 0. The molecule has 0 fully saturated rings. The lowest BCUT2D eigenvalue weighted by atomic mass is 10.0. The fraction of sp³-hybridized carbons (Fsp3) is 0.600. The Labute approximate surface area is 70.0 Å². The van der Waals surface area contributed by atoms with Gasteiger partial charge in [-0.2, -0.15) is 0 Å². The molecule has 0 saturated heterocycles. The standard InChI is InChI=1S/C10H19N/c1-4-6-10(8-11)7-9(3)5-2/h5-6,9H,2,4,7-8,11H2,1,3H3/b10-6-. The second-order valence-corrected chi connectivity index (χ2v) is 2.89. The molecule has 1 nitrogen and oxygen atoms in total. The Balaban J connectivity index is 3.86. The lowest BCUT2D eigenvalue weighted by Gasteiger charge is -2.07. The van der Waals surface area contributed by atoms with E-state index in [2.05, 4.69) is 26.5 Å². The molecule has 0 amide bonds. The van der Waals surface area contributed by atoms with E-state index in [9.17, 15) is 0 Å². The quantitative estimate of drug-likeness (QED) is 0.603. The molecule has 0 aliphatic rings. The normalized spacial score (nSPS) is 14.6. The molecule has 1 unspecified atom stereocenters. The predicted molar refractivity (Wildman–Crippen MR) is 51.4 cm³/mol. The molecule has 0 saturated carbocycles. The summed E-state index contributed by atoms with van der Waals surface area (Å²) in [6.45, 7) is 8.72. The van der Waals surface area contributed by atoms with Crippen molar-refractivity contribution < 1.29 is 0 Å². The van der Waals surface area contributed by atoms with Gasteiger partial charge in [-0.05, 0) is 18.8 Å². The van der Waals surface area contributed by atoms with Crippen molar-refractivity contribution in [3.05, 3.63) is 24.3 Å². The van der Waals surface area contributed by atoms with Gasteiger partial charge in [0, 0.05) is 6.54 Å². The van der Waals surface area contributed by atoms with Gasteiger partial charge in [0.15, 0.2) is 0 Å². The highest BCUT2D eigenvalue weighted by atomic mass is 14.5. The topological polar surface area (TPSA) is 26.0 Å². The smallest absolute Gasteiger partial charge is 0.0137 e. The van der Waals surface area contributed by atoms with Crippen LogP contribution in [-0.4, -0.2) is 6.54 Å². The molecule has 1 heteroatoms. The van der Waals surface area contributed by atoms with E-state index in [1.807, 2.05) is 6.08 Å². The molecule has 0 spiro atoms. The number of hydrogen-bond donors (Lipinski definition) is 1. The van der Waals surface area contributed by atoms with Crippen LogP contribution in [0.15, 0.2) is 24.3 Å². The van der Waals surface area contributed by atoms with Gasteiger partial charge in [0.1, 0.15) is 0 Å². The molecule has 1 atom stereocenters. The van der Waals surface area contributed by atoms with E-state index in [1.165, 1.54) is 5.57 Å². The Hall–Kier alpha value is -0.560. The number of nitrogens with two attached hydrogens (primary N) is 1. The van der Waals surface area contributed by atoms with Crippen molar-refractivity contribution in [3.63, 3.8) is 0 Å². The predicted octanol–water partition coefficient (Wildman–Crippen LogP) is 2.49. The molecular weight excluding hydrogens is 134 g/mol. The molecule has 0 aromatic carbocycles. The van der Waals surface area contributed by atoms with Crippen molar-refractivity contribution in [2.75, 3.05) is 6.54 Å². The maximum Gasteiger partial charge on any atom is 0.0137 e. The molecule has 0 aromatic heterocycles. The van der Waals surface area contributed by atoms with Crippen LogP contribution in [0.1, 0.15) is 26.7 Å². The van der Waals surface area contributed by atoms with Crippen molar-refractivity contribution in [2.24, 2.45) is 11.7 Å². The van der Waals surface area contributed by atoms with Gasteiger partial charge < -0.3 is 5.73 Å². The summed E-state index contributed by atoms with van der Waals surface area (Å²) in [6.07, 6.45) is 6.32. The molecule has 0 aromatic rings. The molecule has 0 rings (SSSR count). The fourth-order valence-corrected chi connectivity index (χ4v) is 1.04. The van der Waals surface area contributed by atoms with Crippen LogP contribution >= 0.6 is 0 Å². The van der Waals surface area contributed by atoms with Crippen molar-refractivity contribution in [2.45, 2.75) is 26.7 Å². The third-order valence-electron chi connectivity index (χ3n) is 1.74. The van der Waals surface area contributed by atoms with Crippen LogP contribution < -0.4 is 5.73 Å². The van der Waals surface area contributed by atoms with Crippen molar-refractivity contribution >= 4 is 0 Å². The Kier molecular flexibility index (Phi) is 5.86. The monoisotopic (exact) mass is 153 g/mol. The Morgan fingerprint density at radius 1 is 1.64 bits per heavy atom. The molecule has 2 N–H and O–H groups in total. The number of hydrogen-bond acceptors (Lipinski definition) is 1. The summed E-state index contributed by atoms with van der Waals surface area (Å²) < 4.78 is 0. The summed E-state index contributed by atoms with van der Waals surface area (Å²) in [5, 5.41) is 0. The van der Waals surface area contributed by atoms with Gasteiger partial charge in [-0.1, -0.05) is 31.6 Å². The number of rotatable bonds is 5. The van der Waals surface area contributed by atoms with Crippen molar-refractivity contribution in [3.8, 4) is 0 Å². The minimum Gasteiger partial charge on any atom is -0.327 e. The van der Waals surface area contributed by atoms with Crippen LogP contribution in [0, 0.1) is 5.92 Å². The minimum absolute atomic E-state index is 0.552. The Bertz CT molecular complexity index is 136. The first-order chi connectivity index (χ1) is 5.24. The Morgan fingerprint density at radius 2 is 2.27 bits per heavy atom. The SMILES string of the molecule is C=CC(C)C/C(=C/CC)CN. The highest BCUT2D eigenvalue weighted by Crippen LogP contribution is 2.11. The van der Waals surface area contributed by atoms with Gasteiger partial charge in [0.25, 0.3) is 0 Å². The van der Waals surface area contributed by atoms with Gasteiger partial charge in [0.05, 0.1) is 0 Å². The molecule has 0 aliphatic heterocycles. The molecule has 0 heterocycles. The molecule has 0 bridgehead atoms. The molecule has 64 valence electrons. The highest BCUT2D eigenvalue weighted by Gasteiger charge is 1.99. The zero-order valence-electron chi connectivity index (χ0n) is 7.64. The first-order valence-electron chi connectivity index (χ1n) is 4.25. The zero-order chi connectivity index (χ0) is 8.69. The van der Waals surface area contributed by atoms with E-state index in [-0.39, 0.29) is 0 Å². The van der Waals surface area contributed by atoms with Crippen molar-refractivity contribution in [1.29, 1.82) is 0 Å². The van der Waals surface area contributed by atoms with Crippen LogP contribution in [0.4, 0.5) is 0 Å². The van der Waals surface area contributed by atoms with E-state index in [0.29, 0.717) is 12.5 Å². The third kappa shape index (κ3) is 4.79. The maximum absolute atomic E-state index is 5.56. The fourth-order valence-electron chi connectivity index (χ4n) is 1.04. The first-order valence-corrected chi connectivity index (χ1v) is 4.25. The van der Waals surface area contributed by atoms with Crippen LogP contribution in [0.3, 0.4) is 0 Å². The maximum atomic E-state index is 5.56. The average molecular weight is 153 g/mol. The van der Waals surface area contributed by atoms with Crippen LogP contribution in [0.2, 0.25) is 0 Å². The zero-order valence-corrected chi connectivity index (χ0v) is 7.64. The highest BCUT2D eigenvalue weighted by molar-refractivity contribution is 5.05. The molecule has 0 aliphatic carbocycles. The minimum atomic E-state index is 0.552. The summed E-state index contributed by atoms with van der Waals surface area (Å²) in [6, 6.07) is 0. The lowest BCUT2D eigenvalue weighted by Crippen LogP contribution is -2.05. The van der Waals surface area contributed by atoms with Crippen LogP contribution in [0.25, 0.3) is 0 Å². The summed E-state index contributed by atoms with van der Waals surface area (Å²) in [5.41, 5.74) is 6.91. The average Bonchev–Trinajstić information content (AvgIpc) is 2.03. The van der Waals surface area contributed by atoms with E-state index in [4.69, 9.17) is 5.73 Å². The third-order valence-corrected chi connectivity index (χ3v) is 1.74. The number of allylic oxidation sites excluding steroid dienone is 2. The van der Waals surface area contributed by atoms with Gasteiger partial charge in [-0.15, -0.1) is 6.58 Å². The molecule has 11 heavy (non-hydrogen) atoms. The van der Waals surface area contributed by atoms with Gasteiger partial charge in [-0.25, -0.2) is 0 Å². The summed E-state index contributed by atoms with van der Waals surface area (Å²) in [7, 11) is 0. The van der Waals surface area contributed by atoms with Crippen LogP contribution in [0.5, 0.6) is 0 Å². The first kappa shape index (κ1) is 10.4. The van der Waals surface area contributed by atoms with E-state index in [0.717, 1.165) is 12.8 Å². The second kappa shape index (κ2) is 6.17. The molecular formula is C10H19N. The van der Waals surface area contributed by atoms with Gasteiger partial charge >= 0.3 is 0 Å². The van der Waals surface area contributed by atoms with Gasteiger partial charge in [-0.3, -0.25) is 0 Å². The van der Waals surface area contributed by atoms with E-state index in [1.54, 1.807) is 0 Å². The van der Waals surface area contributed by atoms with Crippen molar-refractivity contribution in [1.82, 2.24) is 0 Å². The van der Waals surface area contributed by atoms with E-state index >= 15 is 0 Å². The van der Waals surface area contributed by atoms with Crippen LogP contribution in [-0.2, 0) is 0 Å². The van der Waals surface area contributed by atoms with E-state index < -0.39 is 0 Å². The largest absolute Gasteiger partial charge is 0.327 e.